The molecule has 0 spiro atoms. The van der Waals surface area contributed by atoms with Gasteiger partial charge in [-0.25, -0.2) is 0 Å². The molecule has 0 aliphatic heterocycles. The van der Waals surface area contributed by atoms with Crippen molar-refractivity contribution in [3.05, 3.63) is 0 Å². The first kappa shape index (κ1) is 12.9. The largest absolute Gasteiger partial charge is 0.380 e. The molecule has 0 aliphatic carbocycles. The van der Waals surface area contributed by atoms with Crippen LogP contribution in [0.3, 0.4) is 0 Å². The third kappa shape index (κ3) is 9.80. The zero-order valence-corrected chi connectivity index (χ0v) is 9.14. The van der Waals surface area contributed by atoms with Gasteiger partial charge in [0.1, 0.15) is 0 Å². The molecule has 13 heavy (non-hydrogen) atoms. The average Bonchev–Trinajstić information content (AvgIpc) is 2.14. The lowest BCUT2D eigenvalue weighted by atomic mass is 10.3. The quantitative estimate of drug-likeness (QED) is 0.557. The Kier molecular flexibility index (Phi) is 9.87. The molecule has 1 atom stereocenters. The summed E-state index contributed by atoms with van der Waals surface area (Å²) in [4.78, 5) is 0. The summed E-state index contributed by atoms with van der Waals surface area (Å²) in [7, 11) is 0. The van der Waals surface area contributed by atoms with Crippen LogP contribution < -0.4 is 5.32 Å². The van der Waals surface area contributed by atoms with Crippen LogP contribution in [0, 0.1) is 0 Å². The molecule has 0 bridgehead atoms. The Bertz CT molecular complexity index is 98.9. The molecule has 0 aromatic rings. The summed E-state index contributed by atoms with van der Waals surface area (Å²) in [6, 6.07) is 0.421. The highest BCUT2D eigenvalue weighted by atomic mass is 16.5. The molecule has 0 aromatic carbocycles. The molecule has 0 amide bonds. The van der Waals surface area contributed by atoms with Gasteiger partial charge in [-0.3, -0.25) is 0 Å². The highest BCUT2D eigenvalue weighted by Gasteiger charge is 1.98. The minimum Gasteiger partial charge on any atom is -0.380 e. The molecular weight excluding hydrogens is 166 g/mol. The Hall–Kier alpha value is -0.120. The SMILES string of the molecule is CCCOCCNC(C)COCC. The van der Waals surface area contributed by atoms with Gasteiger partial charge < -0.3 is 14.8 Å². The Balaban J connectivity index is 3.03. The fourth-order valence-electron chi connectivity index (χ4n) is 0.977. The number of hydrogen-bond donors (Lipinski definition) is 1. The molecule has 0 aromatic heterocycles. The van der Waals surface area contributed by atoms with E-state index in [2.05, 4.69) is 19.2 Å². The second-order valence-corrected chi connectivity index (χ2v) is 3.13. The maximum atomic E-state index is 5.33. The minimum atomic E-state index is 0.421. The smallest absolute Gasteiger partial charge is 0.0616 e. The summed E-state index contributed by atoms with van der Waals surface area (Å²) in [6.07, 6.45) is 1.09. The van der Waals surface area contributed by atoms with Crippen LogP contribution in [0.2, 0.25) is 0 Å². The first-order valence-corrected chi connectivity index (χ1v) is 5.20. The van der Waals surface area contributed by atoms with Crippen LogP contribution in [0.4, 0.5) is 0 Å². The second kappa shape index (κ2) is 9.96. The molecule has 3 nitrogen and oxygen atoms in total. The average molecular weight is 189 g/mol. The fourth-order valence-corrected chi connectivity index (χ4v) is 0.977. The van der Waals surface area contributed by atoms with Gasteiger partial charge in [0.15, 0.2) is 0 Å². The van der Waals surface area contributed by atoms with Crippen LogP contribution in [-0.2, 0) is 9.47 Å². The predicted molar refractivity (Wildman–Crippen MR) is 55.1 cm³/mol. The summed E-state index contributed by atoms with van der Waals surface area (Å²) < 4.78 is 10.6. The van der Waals surface area contributed by atoms with Gasteiger partial charge in [0.05, 0.1) is 13.2 Å². The number of rotatable bonds is 9. The zero-order chi connectivity index (χ0) is 9.94. The van der Waals surface area contributed by atoms with E-state index >= 15 is 0 Å². The van der Waals surface area contributed by atoms with E-state index < -0.39 is 0 Å². The second-order valence-electron chi connectivity index (χ2n) is 3.13. The van der Waals surface area contributed by atoms with Crippen molar-refractivity contribution in [3.8, 4) is 0 Å². The van der Waals surface area contributed by atoms with Gasteiger partial charge in [0, 0.05) is 25.8 Å². The van der Waals surface area contributed by atoms with Crippen molar-refractivity contribution in [1.29, 1.82) is 0 Å². The first-order chi connectivity index (χ1) is 6.31. The van der Waals surface area contributed by atoms with Gasteiger partial charge in [-0.15, -0.1) is 0 Å². The lowest BCUT2D eigenvalue weighted by molar-refractivity contribution is 0.112. The Labute approximate surface area is 81.8 Å². The van der Waals surface area contributed by atoms with Crippen LogP contribution in [0.5, 0.6) is 0 Å². The van der Waals surface area contributed by atoms with Crippen LogP contribution >= 0.6 is 0 Å². The molecule has 1 unspecified atom stereocenters. The van der Waals surface area contributed by atoms with E-state index in [0.29, 0.717) is 6.04 Å². The topological polar surface area (TPSA) is 30.5 Å². The molecule has 0 radical (unpaired) electrons. The lowest BCUT2D eigenvalue weighted by Crippen LogP contribution is -2.33. The van der Waals surface area contributed by atoms with E-state index in [1.165, 1.54) is 0 Å². The minimum absolute atomic E-state index is 0.421. The summed E-state index contributed by atoms with van der Waals surface area (Å²) in [5.74, 6) is 0. The summed E-state index contributed by atoms with van der Waals surface area (Å²) in [6.45, 7) is 10.4. The third-order valence-corrected chi connectivity index (χ3v) is 1.66. The predicted octanol–water partition coefficient (Wildman–Crippen LogP) is 1.43. The van der Waals surface area contributed by atoms with Crippen molar-refractivity contribution in [2.24, 2.45) is 0 Å². The van der Waals surface area contributed by atoms with Gasteiger partial charge in [-0.1, -0.05) is 6.92 Å². The maximum absolute atomic E-state index is 5.33. The Morgan fingerprint density at radius 3 is 2.54 bits per heavy atom. The van der Waals surface area contributed by atoms with E-state index in [1.54, 1.807) is 0 Å². The third-order valence-electron chi connectivity index (χ3n) is 1.66. The van der Waals surface area contributed by atoms with Crippen molar-refractivity contribution < 1.29 is 9.47 Å². The lowest BCUT2D eigenvalue weighted by Gasteiger charge is -2.13. The van der Waals surface area contributed by atoms with Crippen molar-refractivity contribution in [2.75, 3.05) is 33.0 Å². The van der Waals surface area contributed by atoms with Gasteiger partial charge >= 0.3 is 0 Å². The van der Waals surface area contributed by atoms with Crippen molar-refractivity contribution in [1.82, 2.24) is 5.32 Å². The van der Waals surface area contributed by atoms with Gasteiger partial charge in [0.2, 0.25) is 0 Å². The molecule has 1 N–H and O–H groups in total. The molecule has 0 aliphatic rings. The van der Waals surface area contributed by atoms with E-state index in [1.807, 2.05) is 6.92 Å². The van der Waals surface area contributed by atoms with Crippen LogP contribution in [0.15, 0.2) is 0 Å². The molecule has 0 fully saturated rings. The van der Waals surface area contributed by atoms with Crippen molar-refractivity contribution >= 4 is 0 Å². The zero-order valence-electron chi connectivity index (χ0n) is 9.14. The molecular formula is C10H23NO2. The molecule has 0 saturated heterocycles. The summed E-state index contributed by atoms with van der Waals surface area (Å²) in [5, 5.41) is 3.33. The maximum Gasteiger partial charge on any atom is 0.0616 e. The van der Waals surface area contributed by atoms with Crippen molar-refractivity contribution in [2.45, 2.75) is 33.2 Å². The van der Waals surface area contributed by atoms with E-state index in [-0.39, 0.29) is 0 Å². The van der Waals surface area contributed by atoms with Gasteiger partial charge in [0.25, 0.3) is 0 Å². The Morgan fingerprint density at radius 2 is 1.92 bits per heavy atom. The number of ether oxygens (including phenoxy) is 2. The van der Waals surface area contributed by atoms with Crippen LogP contribution in [-0.4, -0.2) is 39.0 Å². The van der Waals surface area contributed by atoms with Gasteiger partial charge in [-0.2, -0.15) is 0 Å². The molecule has 0 saturated carbocycles. The highest BCUT2D eigenvalue weighted by Crippen LogP contribution is 1.84. The van der Waals surface area contributed by atoms with E-state index in [4.69, 9.17) is 9.47 Å². The number of nitrogens with one attached hydrogen (secondary N) is 1. The summed E-state index contributed by atoms with van der Waals surface area (Å²) >= 11 is 0. The highest BCUT2D eigenvalue weighted by molar-refractivity contribution is 4.57. The number of hydrogen-bond acceptors (Lipinski definition) is 3. The monoisotopic (exact) mass is 189 g/mol. The molecule has 0 rings (SSSR count). The van der Waals surface area contributed by atoms with E-state index in [9.17, 15) is 0 Å². The molecule has 0 heterocycles. The summed E-state index contributed by atoms with van der Waals surface area (Å²) in [5.41, 5.74) is 0. The fraction of sp³-hybridized carbons (Fsp3) is 1.00. The van der Waals surface area contributed by atoms with Crippen LogP contribution in [0.25, 0.3) is 0 Å². The molecule has 3 heteroatoms. The Morgan fingerprint density at radius 1 is 1.15 bits per heavy atom. The van der Waals surface area contributed by atoms with Crippen LogP contribution in [0.1, 0.15) is 27.2 Å². The normalized spacial score (nSPS) is 13.2. The molecule has 80 valence electrons. The van der Waals surface area contributed by atoms with Gasteiger partial charge in [-0.05, 0) is 20.3 Å². The standard InChI is InChI=1S/C10H23NO2/c1-4-7-13-8-6-11-10(3)9-12-5-2/h10-11H,4-9H2,1-3H3. The van der Waals surface area contributed by atoms with E-state index in [0.717, 1.165) is 39.4 Å². The van der Waals surface area contributed by atoms with Crippen molar-refractivity contribution in [3.63, 3.8) is 0 Å². The first-order valence-electron chi connectivity index (χ1n) is 5.20.